The van der Waals surface area contributed by atoms with E-state index in [4.69, 9.17) is 15.9 Å². The molecule has 132 valence electrons. The summed E-state index contributed by atoms with van der Waals surface area (Å²) in [7, 11) is 2.52. The van der Waals surface area contributed by atoms with Crippen LogP contribution in [0.2, 0.25) is 0 Å². The van der Waals surface area contributed by atoms with Crippen LogP contribution >= 0.6 is 0 Å². The van der Waals surface area contributed by atoms with E-state index in [1.54, 1.807) is 16.7 Å². The van der Waals surface area contributed by atoms with Crippen LogP contribution in [0.15, 0.2) is 54.1 Å². The molecule has 2 rings (SSSR count). The summed E-state index contributed by atoms with van der Waals surface area (Å²) in [6.45, 7) is 3.80. The summed E-state index contributed by atoms with van der Waals surface area (Å²) in [5, 5.41) is 26.1. The Hall–Kier alpha value is -2.99. The summed E-state index contributed by atoms with van der Waals surface area (Å²) in [6, 6.07) is 12.9. The molecular formula is C19H24N4O2. The van der Waals surface area contributed by atoms with Gasteiger partial charge in [0.2, 0.25) is 0 Å². The minimum absolute atomic E-state index is 0.0946. The molecule has 0 atom stereocenters. The van der Waals surface area contributed by atoms with Crippen LogP contribution in [-0.2, 0) is 4.79 Å². The maximum Gasteiger partial charge on any atom is 0.253 e. The summed E-state index contributed by atoms with van der Waals surface area (Å²) < 4.78 is 1.74. The number of hydrogen-bond acceptors (Lipinski definition) is 4. The van der Waals surface area contributed by atoms with Gasteiger partial charge in [-0.3, -0.25) is 15.6 Å². The van der Waals surface area contributed by atoms with Gasteiger partial charge in [0.05, 0.1) is 11.3 Å². The van der Waals surface area contributed by atoms with Crippen molar-refractivity contribution >= 4 is 17.5 Å². The summed E-state index contributed by atoms with van der Waals surface area (Å²) in [5.41, 5.74) is 2.71. The first-order valence-corrected chi connectivity index (χ1v) is 7.72. The highest BCUT2D eigenvalue weighted by molar-refractivity contribution is 6.29. The van der Waals surface area contributed by atoms with E-state index < -0.39 is 0 Å². The van der Waals surface area contributed by atoms with E-state index in [0.29, 0.717) is 5.56 Å². The lowest BCUT2D eigenvalue weighted by Gasteiger charge is -2.11. The minimum Gasteiger partial charge on any atom is -0.400 e. The molecule has 0 bridgehead atoms. The van der Waals surface area contributed by atoms with Crippen molar-refractivity contribution in [3.05, 3.63) is 71.1 Å². The van der Waals surface area contributed by atoms with Gasteiger partial charge in [0, 0.05) is 31.1 Å². The van der Waals surface area contributed by atoms with Crippen molar-refractivity contribution in [1.29, 1.82) is 10.8 Å². The van der Waals surface area contributed by atoms with E-state index in [-0.39, 0.29) is 23.0 Å². The molecule has 0 saturated carbocycles. The van der Waals surface area contributed by atoms with Crippen LogP contribution in [0.25, 0.3) is 0 Å². The van der Waals surface area contributed by atoms with Gasteiger partial charge in [-0.1, -0.05) is 30.3 Å². The molecule has 1 heterocycles. The number of amides is 1. The monoisotopic (exact) mass is 340 g/mol. The molecule has 0 fully saturated rings. The summed E-state index contributed by atoms with van der Waals surface area (Å²) in [4.78, 5) is 12.2. The number of aliphatic hydroxyl groups excluding tert-OH is 1. The Morgan fingerprint density at radius 3 is 2.04 bits per heavy atom. The topological polar surface area (TPSA) is 102 Å². The molecule has 0 unspecified atom stereocenters. The third-order valence-electron chi connectivity index (χ3n) is 3.60. The zero-order chi connectivity index (χ0) is 19.0. The Morgan fingerprint density at radius 2 is 1.56 bits per heavy atom. The Balaban J connectivity index is 0.00000151. The van der Waals surface area contributed by atoms with Crippen LogP contribution in [-0.4, -0.2) is 41.3 Å². The average molecular weight is 340 g/mol. The summed E-state index contributed by atoms with van der Waals surface area (Å²) in [5.74, 6) is -0.227. The highest BCUT2D eigenvalue weighted by Gasteiger charge is 2.17. The predicted octanol–water partition coefficient (Wildman–Crippen LogP) is 2.28. The molecule has 6 nitrogen and oxygen atoms in total. The second kappa shape index (κ2) is 9.34. The molecule has 1 aromatic carbocycles. The van der Waals surface area contributed by atoms with Crippen molar-refractivity contribution in [2.24, 2.45) is 0 Å². The molecule has 6 heteroatoms. The number of allylic oxidation sites excluding steroid dienone is 1. The Labute approximate surface area is 147 Å². The van der Waals surface area contributed by atoms with E-state index in [0.717, 1.165) is 18.5 Å². The van der Waals surface area contributed by atoms with Gasteiger partial charge in [0.1, 0.15) is 5.84 Å². The fourth-order valence-corrected chi connectivity index (χ4v) is 2.40. The first-order chi connectivity index (χ1) is 12.0. The van der Waals surface area contributed by atoms with E-state index >= 15 is 0 Å². The molecule has 0 saturated heterocycles. The number of likely N-dealkylation sites (N-methyl/N-ethyl adjacent to an activating group) is 1. The van der Waals surface area contributed by atoms with Crippen molar-refractivity contribution in [3.63, 3.8) is 0 Å². The van der Waals surface area contributed by atoms with Gasteiger partial charge in [-0.05, 0) is 32.1 Å². The smallest absolute Gasteiger partial charge is 0.253 e. The van der Waals surface area contributed by atoms with Crippen molar-refractivity contribution < 1.29 is 9.90 Å². The summed E-state index contributed by atoms with van der Waals surface area (Å²) in [6.07, 6.45) is 1.44. The number of rotatable bonds is 4. The molecule has 1 aromatic heterocycles. The van der Waals surface area contributed by atoms with Crippen LogP contribution < -0.4 is 5.32 Å². The van der Waals surface area contributed by atoms with E-state index in [1.807, 2.05) is 44.2 Å². The number of nitrogens with zero attached hydrogens (tertiary/aromatic N) is 1. The lowest BCUT2D eigenvalue weighted by molar-refractivity contribution is -0.116. The van der Waals surface area contributed by atoms with Crippen LogP contribution in [0.5, 0.6) is 0 Å². The van der Waals surface area contributed by atoms with Crippen molar-refractivity contribution in [3.8, 4) is 0 Å². The molecular weight excluding hydrogens is 316 g/mol. The number of carbonyl (C=O) groups excluding carboxylic acids is 1. The predicted molar refractivity (Wildman–Crippen MR) is 101 cm³/mol. The SMILES string of the molecule is CNC(=O)/C(=C/C(=N)n1c(C)ccc1C)C(=N)c1ccccc1.CO. The lowest BCUT2D eigenvalue weighted by Crippen LogP contribution is -2.26. The Bertz CT molecular complexity index is 770. The van der Waals surface area contributed by atoms with Crippen molar-refractivity contribution in [2.75, 3.05) is 14.2 Å². The Kier molecular flexibility index (Phi) is 7.49. The fraction of sp³-hybridized carbons (Fsp3) is 0.211. The third kappa shape index (κ3) is 4.74. The van der Waals surface area contributed by atoms with Crippen LogP contribution in [0.1, 0.15) is 17.0 Å². The highest BCUT2D eigenvalue weighted by Crippen LogP contribution is 2.12. The molecule has 1 amide bonds. The maximum absolute atomic E-state index is 12.2. The zero-order valence-electron chi connectivity index (χ0n) is 14.9. The average Bonchev–Trinajstić information content (AvgIpc) is 2.99. The number of aliphatic hydroxyl groups is 1. The molecule has 2 aromatic rings. The van der Waals surface area contributed by atoms with E-state index in [2.05, 4.69) is 5.32 Å². The molecule has 4 N–H and O–H groups in total. The largest absolute Gasteiger partial charge is 0.400 e. The van der Waals surface area contributed by atoms with E-state index in [9.17, 15) is 4.79 Å². The second-order valence-corrected chi connectivity index (χ2v) is 5.21. The van der Waals surface area contributed by atoms with Gasteiger partial charge in [-0.15, -0.1) is 0 Å². The maximum atomic E-state index is 12.2. The van der Waals surface area contributed by atoms with Crippen LogP contribution in [0.4, 0.5) is 0 Å². The van der Waals surface area contributed by atoms with Gasteiger partial charge < -0.3 is 15.0 Å². The molecule has 0 aliphatic carbocycles. The molecule has 25 heavy (non-hydrogen) atoms. The van der Waals surface area contributed by atoms with Crippen molar-refractivity contribution in [1.82, 2.24) is 9.88 Å². The van der Waals surface area contributed by atoms with Crippen LogP contribution in [0.3, 0.4) is 0 Å². The molecule has 0 spiro atoms. The number of hydrogen-bond donors (Lipinski definition) is 4. The van der Waals surface area contributed by atoms with Gasteiger partial charge in [-0.25, -0.2) is 0 Å². The lowest BCUT2D eigenvalue weighted by atomic mass is 10.0. The second-order valence-electron chi connectivity index (χ2n) is 5.21. The highest BCUT2D eigenvalue weighted by atomic mass is 16.2. The number of benzene rings is 1. The number of carbonyl (C=O) groups is 1. The van der Waals surface area contributed by atoms with E-state index in [1.165, 1.54) is 13.1 Å². The van der Waals surface area contributed by atoms with Crippen molar-refractivity contribution in [2.45, 2.75) is 13.8 Å². The molecule has 0 aliphatic heterocycles. The fourth-order valence-electron chi connectivity index (χ4n) is 2.40. The van der Waals surface area contributed by atoms with Crippen LogP contribution in [0, 0.1) is 24.7 Å². The van der Waals surface area contributed by atoms with Gasteiger partial charge in [0.25, 0.3) is 5.91 Å². The molecule has 0 radical (unpaired) electrons. The Morgan fingerprint density at radius 1 is 1.04 bits per heavy atom. The van der Waals surface area contributed by atoms with Gasteiger partial charge in [-0.2, -0.15) is 0 Å². The first-order valence-electron chi connectivity index (χ1n) is 7.72. The zero-order valence-corrected chi connectivity index (χ0v) is 14.9. The third-order valence-corrected chi connectivity index (χ3v) is 3.60. The first kappa shape index (κ1) is 20.1. The number of nitrogens with one attached hydrogen (secondary N) is 3. The van der Waals surface area contributed by atoms with Gasteiger partial charge >= 0.3 is 0 Å². The summed E-state index contributed by atoms with van der Waals surface area (Å²) >= 11 is 0. The van der Waals surface area contributed by atoms with Gasteiger partial charge in [0.15, 0.2) is 0 Å². The number of aryl methyl sites for hydroxylation is 2. The quantitative estimate of drug-likeness (QED) is 0.390. The number of aromatic nitrogens is 1. The molecule has 0 aliphatic rings. The normalized spacial score (nSPS) is 10.5. The standard InChI is InChI=1S/C18H20N4O.CH4O/c1-12-9-10-13(2)22(12)16(19)11-15(18(23)21-3)17(20)14-7-5-4-6-8-14;1-2/h4-11,19-20H,1-3H3,(H,21,23);2H,1H3/b15-11+,19-16?,20-17?;. The minimum atomic E-state index is -0.383.